The standard InChI is InChI=1S/C19H24ClN5O2S/c1-22-19(23-14-15-4-2-7-18(12-15)28(21,26)27)25-10-8-24(9-11-25)17-6-3-5-16(20)13-17/h2-7,12-13H,8-11,14H2,1H3,(H,22,23)(H2,21,26,27). The molecule has 0 spiro atoms. The molecule has 9 heteroatoms. The van der Waals surface area contributed by atoms with Crippen LogP contribution in [0.2, 0.25) is 5.02 Å². The molecule has 1 fully saturated rings. The number of anilines is 1. The van der Waals surface area contributed by atoms with Crippen molar-refractivity contribution in [2.45, 2.75) is 11.4 Å². The van der Waals surface area contributed by atoms with E-state index in [1.807, 2.05) is 24.3 Å². The predicted molar refractivity (Wildman–Crippen MR) is 113 cm³/mol. The van der Waals surface area contributed by atoms with Gasteiger partial charge in [0.25, 0.3) is 0 Å². The van der Waals surface area contributed by atoms with Crippen molar-refractivity contribution in [2.75, 3.05) is 38.1 Å². The van der Waals surface area contributed by atoms with Crippen LogP contribution in [0.15, 0.2) is 58.4 Å². The molecule has 1 aliphatic rings. The van der Waals surface area contributed by atoms with Gasteiger partial charge in [0.15, 0.2) is 5.96 Å². The molecule has 3 N–H and O–H groups in total. The van der Waals surface area contributed by atoms with E-state index in [-0.39, 0.29) is 4.90 Å². The van der Waals surface area contributed by atoms with Crippen LogP contribution < -0.4 is 15.4 Å². The molecule has 2 aromatic rings. The van der Waals surface area contributed by atoms with Gasteiger partial charge in [-0.3, -0.25) is 4.99 Å². The Balaban J connectivity index is 1.58. The third-order valence-electron chi connectivity index (χ3n) is 4.64. The fraction of sp³-hybridized carbons (Fsp3) is 0.316. The van der Waals surface area contributed by atoms with Gasteiger partial charge in [0, 0.05) is 50.5 Å². The zero-order valence-corrected chi connectivity index (χ0v) is 17.2. The minimum absolute atomic E-state index is 0.108. The van der Waals surface area contributed by atoms with Crippen LogP contribution >= 0.6 is 11.6 Å². The summed E-state index contributed by atoms with van der Waals surface area (Å²) in [6.07, 6.45) is 0. The van der Waals surface area contributed by atoms with E-state index in [1.165, 1.54) is 6.07 Å². The van der Waals surface area contributed by atoms with Gasteiger partial charge in [-0.25, -0.2) is 13.6 Å². The Kier molecular flexibility index (Phi) is 6.43. The first-order valence-corrected chi connectivity index (χ1v) is 10.9. The molecule has 0 aromatic heterocycles. The minimum atomic E-state index is -3.71. The van der Waals surface area contributed by atoms with E-state index >= 15 is 0 Å². The van der Waals surface area contributed by atoms with E-state index < -0.39 is 10.0 Å². The Bertz CT molecular complexity index is 956. The number of nitrogens with one attached hydrogen (secondary N) is 1. The van der Waals surface area contributed by atoms with Gasteiger partial charge in [-0.15, -0.1) is 0 Å². The summed E-state index contributed by atoms with van der Waals surface area (Å²) in [7, 11) is -1.97. The van der Waals surface area contributed by atoms with Gasteiger partial charge in [0.2, 0.25) is 10.0 Å². The maximum atomic E-state index is 11.5. The maximum absolute atomic E-state index is 11.5. The van der Waals surface area contributed by atoms with E-state index in [4.69, 9.17) is 16.7 Å². The number of sulfonamides is 1. The number of hydrogen-bond acceptors (Lipinski definition) is 4. The average Bonchev–Trinajstić information content (AvgIpc) is 2.68. The van der Waals surface area contributed by atoms with Crippen LogP contribution in [0.4, 0.5) is 5.69 Å². The number of aliphatic imine (C=N–C) groups is 1. The van der Waals surface area contributed by atoms with Crippen LogP contribution in [-0.2, 0) is 16.6 Å². The molecule has 0 atom stereocenters. The first kappa shape index (κ1) is 20.4. The van der Waals surface area contributed by atoms with Crippen LogP contribution in [0.25, 0.3) is 0 Å². The molecular formula is C19H24ClN5O2S. The molecule has 1 saturated heterocycles. The summed E-state index contributed by atoms with van der Waals surface area (Å²) in [5.41, 5.74) is 1.94. The lowest BCUT2D eigenvalue weighted by atomic mass is 10.2. The Hall–Kier alpha value is -2.29. The fourth-order valence-corrected chi connectivity index (χ4v) is 3.96. The van der Waals surface area contributed by atoms with Gasteiger partial charge in [0.1, 0.15) is 0 Å². The second-order valence-electron chi connectivity index (χ2n) is 6.55. The van der Waals surface area contributed by atoms with E-state index in [9.17, 15) is 8.42 Å². The molecule has 1 heterocycles. The van der Waals surface area contributed by atoms with Gasteiger partial charge in [-0.05, 0) is 35.9 Å². The summed E-state index contributed by atoms with van der Waals surface area (Å²) in [5.74, 6) is 0.784. The van der Waals surface area contributed by atoms with Gasteiger partial charge < -0.3 is 15.1 Å². The summed E-state index contributed by atoms with van der Waals surface area (Å²) >= 11 is 6.09. The molecule has 7 nitrogen and oxygen atoms in total. The highest BCUT2D eigenvalue weighted by Crippen LogP contribution is 2.20. The van der Waals surface area contributed by atoms with Crippen molar-refractivity contribution in [3.8, 4) is 0 Å². The summed E-state index contributed by atoms with van der Waals surface area (Å²) in [6.45, 7) is 3.83. The molecule has 0 amide bonds. The third kappa shape index (κ3) is 5.15. The molecule has 0 radical (unpaired) electrons. The number of nitrogens with two attached hydrogens (primary N) is 1. The highest BCUT2D eigenvalue weighted by molar-refractivity contribution is 7.89. The summed E-state index contributed by atoms with van der Waals surface area (Å²) in [4.78, 5) is 8.95. The summed E-state index contributed by atoms with van der Waals surface area (Å²) in [6, 6.07) is 14.5. The largest absolute Gasteiger partial charge is 0.368 e. The number of primary sulfonamides is 1. The second kappa shape index (κ2) is 8.81. The van der Waals surface area contributed by atoms with Crippen LogP contribution in [0, 0.1) is 0 Å². The lowest BCUT2D eigenvalue weighted by molar-refractivity contribution is 0.372. The molecule has 0 unspecified atom stereocenters. The number of benzene rings is 2. The van der Waals surface area contributed by atoms with E-state index in [0.29, 0.717) is 6.54 Å². The van der Waals surface area contributed by atoms with Crippen molar-refractivity contribution in [1.82, 2.24) is 10.2 Å². The van der Waals surface area contributed by atoms with Crippen LogP contribution in [0.3, 0.4) is 0 Å². The molecule has 2 aromatic carbocycles. The monoisotopic (exact) mass is 421 g/mol. The zero-order valence-electron chi connectivity index (χ0n) is 15.7. The van der Waals surface area contributed by atoms with Crippen molar-refractivity contribution in [2.24, 2.45) is 10.1 Å². The highest BCUT2D eigenvalue weighted by Gasteiger charge is 2.20. The normalized spacial score (nSPS) is 15.6. The van der Waals surface area contributed by atoms with Gasteiger partial charge in [0.05, 0.1) is 4.90 Å². The number of hydrogen-bond donors (Lipinski definition) is 2. The minimum Gasteiger partial charge on any atom is -0.368 e. The molecule has 0 bridgehead atoms. The topological polar surface area (TPSA) is 91.0 Å². The number of halogens is 1. The Labute approximate surface area is 170 Å². The molecule has 3 rings (SSSR count). The number of rotatable bonds is 4. The van der Waals surface area contributed by atoms with E-state index in [0.717, 1.165) is 48.4 Å². The van der Waals surface area contributed by atoms with Crippen LogP contribution in [-0.4, -0.2) is 52.5 Å². The van der Waals surface area contributed by atoms with Crippen molar-refractivity contribution in [1.29, 1.82) is 0 Å². The van der Waals surface area contributed by atoms with Gasteiger partial charge in [-0.1, -0.05) is 29.8 Å². The average molecular weight is 422 g/mol. The fourth-order valence-electron chi connectivity index (χ4n) is 3.20. The highest BCUT2D eigenvalue weighted by atomic mass is 35.5. The van der Waals surface area contributed by atoms with Gasteiger partial charge in [-0.2, -0.15) is 0 Å². The predicted octanol–water partition coefficient (Wildman–Crippen LogP) is 1.89. The van der Waals surface area contributed by atoms with E-state index in [2.05, 4.69) is 26.2 Å². The number of guanidine groups is 1. The molecule has 1 aliphatic heterocycles. The van der Waals surface area contributed by atoms with Crippen LogP contribution in [0.5, 0.6) is 0 Å². The molecular weight excluding hydrogens is 398 g/mol. The number of piperazine rings is 1. The third-order valence-corrected chi connectivity index (χ3v) is 5.79. The SMILES string of the molecule is CN=C(NCc1cccc(S(N)(=O)=O)c1)N1CCN(c2cccc(Cl)c2)CC1. The molecule has 28 heavy (non-hydrogen) atoms. The van der Waals surface area contributed by atoms with Crippen molar-refractivity contribution in [3.63, 3.8) is 0 Å². The first-order valence-electron chi connectivity index (χ1n) is 8.94. The summed E-state index contributed by atoms with van der Waals surface area (Å²) in [5, 5.41) is 9.24. The molecule has 0 aliphatic carbocycles. The maximum Gasteiger partial charge on any atom is 0.238 e. The quantitative estimate of drug-likeness (QED) is 0.581. The second-order valence-corrected chi connectivity index (χ2v) is 8.55. The smallest absolute Gasteiger partial charge is 0.238 e. The lowest BCUT2D eigenvalue weighted by Crippen LogP contribution is -2.52. The van der Waals surface area contributed by atoms with E-state index in [1.54, 1.807) is 19.2 Å². The Morgan fingerprint density at radius 2 is 1.86 bits per heavy atom. The molecule has 150 valence electrons. The zero-order chi connectivity index (χ0) is 20.1. The van der Waals surface area contributed by atoms with Crippen molar-refractivity contribution >= 4 is 33.3 Å². The number of nitrogens with zero attached hydrogens (tertiary/aromatic N) is 3. The van der Waals surface area contributed by atoms with Gasteiger partial charge >= 0.3 is 0 Å². The first-order chi connectivity index (χ1) is 13.4. The van der Waals surface area contributed by atoms with Crippen molar-refractivity contribution < 1.29 is 8.42 Å². The summed E-state index contributed by atoms with van der Waals surface area (Å²) < 4.78 is 23.0. The van der Waals surface area contributed by atoms with Crippen LogP contribution in [0.1, 0.15) is 5.56 Å². The Morgan fingerprint density at radius 3 is 2.50 bits per heavy atom. The lowest BCUT2D eigenvalue weighted by Gasteiger charge is -2.37. The molecule has 0 saturated carbocycles. The Morgan fingerprint density at radius 1 is 1.14 bits per heavy atom. The van der Waals surface area contributed by atoms with Crippen molar-refractivity contribution in [3.05, 3.63) is 59.1 Å².